The van der Waals surface area contributed by atoms with E-state index in [1.54, 1.807) is 12.3 Å². The van der Waals surface area contributed by atoms with Crippen molar-refractivity contribution in [3.8, 4) is 6.07 Å². The van der Waals surface area contributed by atoms with Crippen molar-refractivity contribution in [2.75, 3.05) is 13.2 Å². The van der Waals surface area contributed by atoms with Crippen molar-refractivity contribution in [2.45, 2.75) is 44.9 Å². The van der Waals surface area contributed by atoms with E-state index in [1.165, 1.54) is 11.3 Å². The average molecular weight is 403 g/mol. The summed E-state index contributed by atoms with van der Waals surface area (Å²) in [5.74, 6) is -3.23. The first-order valence-electron chi connectivity index (χ1n) is 9.27. The zero-order valence-corrected chi connectivity index (χ0v) is 16.4. The Hall–Kier alpha value is -2.60. The zero-order chi connectivity index (χ0) is 20.3. The molecule has 0 N–H and O–H groups in total. The lowest BCUT2D eigenvalue weighted by atomic mass is 9.81. The molecular formula is C19H21N3O5S. The number of hydrogen-bond donors (Lipinski definition) is 0. The highest BCUT2D eigenvalue weighted by Crippen LogP contribution is 2.37. The maximum Gasteiger partial charge on any atom is 0.308 e. The largest absolute Gasteiger partial charge is 0.458 e. The smallest absolute Gasteiger partial charge is 0.308 e. The molecule has 3 rings (SSSR count). The van der Waals surface area contributed by atoms with Crippen LogP contribution in [0.3, 0.4) is 0 Å². The highest BCUT2D eigenvalue weighted by atomic mass is 32.1. The predicted octanol–water partition coefficient (Wildman–Crippen LogP) is 1.74. The number of carbonyl (C=O) groups excluding carboxylic acids is 4. The van der Waals surface area contributed by atoms with Gasteiger partial charge in [-0.2, -0.15) is 5.26 Å². The van der Waals surface area contributed by atoms with Crippen molar-refractivity contribution in [1.29, 1.82) is 5.26 Å². The third kappa shape index (κ3) is 4.12. The number of hydrogen-bond acceptors (Lipinski definition) is 8. The van der Waals surface area contributed by atoms with E-state index in [0.717, 1.165) is 30.6 Å². The molecule has 1 aliphatic heterocycles. The third-order valence-electron chi connectivity index (χ3n) is 5.18. The Morgan fingerprint density at radius 1 is 1.32 bits per heavy atom. The van der Waals surface area contributed by atoms with Crippen molar-refractivity contribution in [1.82, 2.24) is 9.88 Å². The number of nitrogens with zero attached hydrogens (tertiary/aromatic N) is 3. The number of likely N-dealkylation sites (tertiary alicyclic amines) is 1. The number of rotatable bonds is 7. The van der Waals surface area contributed by atoms with Crippen molar-refractivity contribution >= 4 is 34.9 Å². The Kier molecular flexibility index (Phi) is 6.19. The monoisotopic (exact) mass is 403 g/mol. The Balaban J connectivity index is 1.48. The standard InChI is InChI=1S/C19H21N3O5S/c1-11-10-28-17(21-11)14(8-20)15(23)9-27-16(24)6-7-22-18(25)12-4-2-3-5-13(12)19(22)26/h10,12-14H,2-7,9H2,1H3/t12-,13-,14-/m0/s1. The molecule has 1 saturated heterocycles. The van der Waals surface area contributed by atoms with Gasteiger partial charge < -0.3 is 4.74 Å². The second kappa shape index (κ2) is 8.61. The Bertz CT molecular complexity index is 819. The van der Waals surface area contributed by atoms with Gasteiger partial charge in [0.1, 0.15) is 5.01 Å². The summed E-state index contributed by atoms with van der Waals surface area (Å²) in [5.41, 5.74) is 0.713. The fourth-order valence-electron chi connectivity index (χ4n) is 3.73. The van der Waals surface area contributed by atoms with Crippen LogP contribution in [0.1, 0.15) is 48.7 Å². The average Bonchev–Trinajstić information content (AvgIpc) is 3.21. The van der Waals surface area contributed by atoms with Crippen LogP contribution in [-0.4, -0.2) is 46.6 Å². The molecule has 2 heterocycles. The van der Waals surface area contributed by atoms with E-state index < -0.39 is 24.3 Å². The first-order valence-corrected chi connectivity index (χ1v) is 10.2. The van der Waals surface area contributed by atoms with Crippen LogP contribution in [0.15, 0.2) is 5.38 Å². The molecule has 0 aromatic carbocycles. The lowest BCUT2D eigenvalue weighted by Gasteiger charge is -2.19. The van der Waals surface area contributed by atoms with E-state index in [1.807, 2.05) is 6.07 Å². The molecule has 2 fully saturated rings. The summed E-state index contributed by atoms with van der Waals surface area (Å²) in [5, 5.41) is 11.3. The number of imide groups is 1. The van der Waals surface area contributed by atoms with Crippen molar-refractivity contribution in [2.24, 2.45) is 11.8 Å². The van der Waals surface area contributed by atoms with Crippen LogP contribution in [0.5, 0.6) is 0 Å². The SMILES string of the molecule is Cc1csc([C@@H](C#N)C(=O)COC(=O)CCN2C(=O)[C@H]3CCCC[C@@H]3C2=O)n1. The summed E-state index contributed by atoms with van der Waals surface area (Å²) in [6, 6.07) is 1.88. The summed E-state index contributed by atoms with van der Waals surface area (Å²) < 4.78 is 4.95. The fraction of sp³-hybridized carbons (Fsp3) is 0.579. The van der Waals surface area contributed by atoms with E-state index in [9.17, 15) is 24.4 Å². The number of fused-ring (bicyclic) bond motifs is 1. The summed E-state index contributed by atoms with van der Waals surface area (Å²) in [6.07, 6.45) is 3.15. The van der Waals surface area contributed by atoms with Gasteiger partial charge in [-0.25, -0.2) is 4.98 Å². The molecular weight excluding hydrogens is 382 g/mol. The van der Waals surface area contributed by atoms with Crippen LogP contribution in [0.4, 0.5) is 0 Å². The molecule has 9 heteroatoms. The van der Waals surface area contributed by atoms with Crippen LogP contribution in [0.2, 0.25) is 0 Å². The normalized spacial score (nSPS) is 22.5. The molecule has 3 atom stereocenters. The molecule has 1 aliphatic carbocycles. The van der Waals surface area contributed by atoms with Gasteiger partial charge in [-0.3, -0.25) is 24.1 Å². The molecule has 1 saturated carbocycles. The van der Waals surface area contributed by atoms with Gasteiger partial charge in [-0.15, -0.1) is 11.3 Å². The van der Waals surface area contributed by atoms with Gasteiger partial charge in [0.15, 0.2) is 18.3 Å². The first-order chi connectivity index (χ1) is 13.4. The van der Waals surface area contributed by atoms with E-state index in [-0.39, 0.29) is 36.6 Å². The minimum absolute atomic E-state index is 0.0367. The van der Waals surface area contributed by atoms with Crippen molar-refractivity contribution in [3.63, 3.8) is 0 Å². The molecule has 148 valence electrons. The number of nitriles is 1. The fourth-order valence-corrected chi connectivity index (χ4v) is 4.59. The second-order valence-corrected chi connectivity index (χ2v) is 7.98. The van der Waals surface area contributed by atoms with Crippen LogP contribution in [0.25, 0.3) is 0 Å². The minimum atomic E-state index is -1.07. The van der Waals surface area contributed by atoms with Gasteiger partial charge in [-0.05, 0) is 19.8 Å². The molecule has 28 heavy (non-hydrogen) atoms. The molecule has 0 spiro atoms. The highest BCUT2D eigenvalue weighted by molar-refractivity contribution is 7.09. The van der Waals surface area contributed by atoms with E-state index >= 15 is 0 Å². The first kappa shape index (κ1) is 20.1. The van der Waals surface area contributed by atoms with Gasteiger partial charge in [0, 0.05) is 17.6 Å². The maximum absolute atomic E-state index is 12.4. The van der Waals surface area contributed by atoms with E-state index in [4.69, 9.17) is 4.74 Å². The number of amides is 2. The highest BCUT2D eigenvalue weighted by Gasteiger charge is 2.47. The number of aromatic nitrogens is 1. The quantitative estimate of drug-likeness (QED) is 0.502. The van der Waals surface area contributed by atoms with Gasteiger partial charge in [0.2, 0.25) is 11.8 Å². The molecule has 8 nitrogen and oxygen atoms in total. The Labute approximate surface area is 166 Å². The number of ketones is 1. The lowest BCUT2D eigenvalue weighted by Crippen LogP contribution is -2.33. The number of Topliss-reactive ketones (excluding diaryl/α,β-unsaturated/α-hetero) is 1. The van der Waals surface area contributed by atoms with Crippen LogP contribution in [0, 0.1) is 30.1 Å². The molecule has 1 aromatic rings. The number of aryl methyl sites for hydroxylation is 1. The molecule has 0 unspecified atom stereocenters. The molecule has 2 aliphatic rings. The van der Waals surface area contributed by atoms with Gasteiger partial charge in [-0.1, -0.05) is 12.8 Å². The minimum Gasteiger partial charge on any atom is -0.458 e. The second-order valence-electron chi connectivity index (χ2n) is 7.09. The lowest BCUT2D eigenvalue weighted by molar-refractivity contribution is -0.149. The van der Waals surface area contributed by atoms with Crippen LogP contribution in [-0.2, 0) is 23.9 Å². The number of carbonyl (C=O) groups is 4. The molecule has 0 bridgehead atoms. The van der Waals surface area contributed by atoms with E-state index in [0.29, 0.717) is 10.7 Å². The summed E-state index contributed by atoms with van der Waals surface area (Å²) >= 11 is 1.21. The van der Waals surface area contributed by atoms with Gasteiger partial charge >= 0.3 is 5.97 Å². The summed E-state index contributed by atoms with van der Waals surface area (Å²) in [7, 11) is 0. The van der Waals surface area contributed by atoms with Crippen molar-refractivity contribution in [3.05, 3.63) is 16.1 Å². The van der Waals surface area contributed by atoms with Crippen molar-refractivity contribution < 1.29 is 23.9 Å². The number of esters is 1. The van der Waals surface area contributed by atoms with E-state index in [2.05, 4.69) is 4.98 Å². The van der Waals surface area contributed by atoms with Gasteiger partial charge in [0.25, 0.3) is 0 Å². The molecule has 2 amide bonds. The maximum atomic E-state index is 12.4. The van der Waals surface area contributed by atoms with Crippen LogP contribution < -0.4 is 0 Å². The topological polar surface area (TPSA) is 117 Å². The summed E-state index contributed by atoms with van der Waals surface area (Å²) in [4.78, 5) is 54.2. The summed E-state index contributed by atoms with van der Waals surface area (Å²) in [6.45, 7) is 1.18. The molecule has 0 radical (unpaired) electrons. The van der Waals surface area contributed by atoms with Gasteiger partial charge in [0.05, 0.1) is 24.3 Å². The molecule has 1 aromatic heterocycles. The predicted molar refractivity (Wildman–Crippen MR) is 98.0 cm³/mol. The Morgan fingerprint density at radius 3 is 2.50 bits per heavy atom. The third-order valence-corrected chi connectivity index (χ3v) is 6.21. The number of thiazole rings is 1. The zero-order valence-electron chi connectivity index (χ0n) is 15.6. The number of ether oxygens (including phenoxy) is 1. The Morgan fingerprint density at radius 2 is 1.96 bits per heavy atom. The van der Waals surface area contributed by atoms with Crippen LogP contribution >= 0.6 is 11.3 Å².